The quantitative estimate of drug-likeness (QED) is 0.530. The predicted molar refractivity (Wildman–Crippen MR) is 64.5 cm³/mol. The lowest BCUT2D eigenvalue weighted by molar-refractivity contribution is -0.118. The molecule has 0 spiro atoms. The average molecular weight is 241 g/mol. The first-order valence-corrected chi connectivity index (χ1v) is 5.16. The van der Waals surface area contributed by atoms with E-state index in [1.165, 1.54) is 26.2 Å². The zero-order valence-corrected chi connectivity index (χ0v) is 9.84. The van der Waals surface area contributed by atoms with Crippen molar-refractivity contribution >= 4 is 17.3 Å². The smallest absolute Gasteiger partial charge is 0.216 e. The maximum Gasteiger partial charge on any atom is 0.216 e. The second-order valence-corrected chi connectivity index (χ2v) is 3.48. The summed E-state index contributed by atoms with van der Waals surface area (Å²) in [6.45, 7) is 2.26. The van der Waals surface area contributed by atoms with Crippen LogP contribution >= 0.6 is 0 Å². The molecule has 1 amide bonds. The summed E-state index contributed by atoms with van der Waals surface area (Å²) >= 11 is 0. The van der Waals surface area contributed by atoms with Crippen molar-refractivity contribution in [2.45, 2.75) is 6.92 Å². The Labute approximate surface area is 99.1 Å². The largest absolute Gasteiger partial charge is 0.495 e. The third kappa shape index (κ3) is 3.82. The first kappa shape index (κ1) is 13.1. The number of nitrogens with two attached hydrogens (primary N) is 1. The number of benzene rings is 1. The highest BCUT2D eigenvalue weighted by Gasteiger charge is 2.07. The molecule has 0 radical (unpaired) electrons. The van der Waals surface area contributed by atoms with Crippen molar-refractivity contribution in [3.8, 4) is 5.75 Å². The Kier molecular flexibility index (Phi) is 4.56. The molecule has 0 heterocycles. The number of nitrogens with one attached hydrogen (secondary N) is 2. The first-order valence-electron chi connectivity index (χ1n) is 5.16. The third-order valence-corrected chi connectivity index (χ3v) is 2.13. The van der Waals surface area contributed by atoms with Gasteiger partial charge in [-0.05, 0) is 0 Å². The summed E-state index contributed by atoms with van der Waals surface area (Å²) in [7, 11) is 1.46. The van der Waals surface area contributed by atoms with E-state index in [-0.39, 0.29) is 11.6 Å². The molecular weight excluding hydrogens is 225 g/mol. The van der Waals surface area contributed by atoms with Crippen molar-refractivity contribution in [1.29, 1.82) is 0 Å². The summed E-state index contributed by atoms with van der Waals surface area (Å²) in [5.74, 6) is -0.165. The molecule has 4 N–H and O–H groups in total. The summed E-state index contributed by atoms with van der Waals surface area (Å²) in [6.07, 6.45) is 0. The molecule has 5 nitrogen and oxygen atoms in total. The maximum absolute atomic E-state index is 13.5. The Bertz CT molecular complexity index is 410. The minimum Gasteiger partial charge on any atom is -0.495 e. The van der Waals surface area contributed by atoms with E-state index in [4.69, 9.17) is 10.5 Å². The predicted octanol–water partition coefficient (Wildman–Crippen LogP) is 0.964. The van der Waals surface area contributed by atoms with Crippen LogP contribution in [0.2, 0.25) is 0 Å². The van der Waals surface area contributed by atoms with Crippen molar-refractivity contribution < 1.29 is 13.9 Å². The molecule has 0 aromatic heterocycles. The van der Waals surface area contributed by atoms with E-state index in [1.54, 1.807) is 0 Å². The number of carbonyl (C=O) groups is 1. The van der Waals surface area contributed by atoms with Gasteiger partial charge in [-0.1, -0.05) is 0 Å². The fraction of sp³-hybridized carbons (Fsp3) is 0.364. The molecule has 6 heteroatoms. The van der Waals surface area contributed by atoms with Gasteiger partial charge in [-0.15, -0.1) is 0 Å². The molecule has 1 aromatic carbocycles. The van der Waals surface area contributed by atoms with Gasteiger partial charge in [0, 0.05) is 32.1 Å². The van der Waals surface area contributed by atoms with Gasteiger partial charge >= 0.3 is 0 Å². The SMILES string of the molecule is COc1cc(NCCNC(C)=O)c(F)cc1N. The topological polar surface area (TPSA) is 76.4 Å². The Hall–Kier alpha value is -1.98. The number of ether oxygens (including phenoxy) is 1. The minimum atomic E-state index is -0.453. The molecule has 0 aliphatic heterocycles. The second-order valence-electron chi connectivity index (χ2n) is 3.48. The standard InChI is InChI=1S/C11H16FN3O2/c1-7(16)14-3-4-15-10-6-11(17-2)9(13)5-8(10)12/h5-6,15H,3-4,13H2,1-2H3,(H,14,16). The highest BCUT2D eigenvalue weighted by molar-refractivity contribution is 5.72. The molecule has 0 aliphatic rings. The molecule has 17 heavy (non-hydrogen) atoms. The second kappa shape index (κ2) is 5.93. The zero-order chi connectivity index (χ0) is 12.8. The molecular formula is C11H16FN3O2. The Morgan fingerprint density at radius 2 is 2.18 bits per heavy atom. The van der Waals surface area contributed by atoms with Crippen LogP contribution in [-0.4, -0.2) is 26.1 Å². The van der Waals surface area contributed by atoms with Crippen molar-refractivity contribution in [3.63, 3.8) is 0 Å². The van der Waals surface area contributed by atoms with Crippen molar-refractivity contribution in [2.24, 2.45) is 0 Å². The number of carbonyl (C=O) groups excluding carboxylic acids is 1. The number of anilines is 2. The third-order valence-electron chi connectivity index (χ3n) is 2.13. The average Bonchev–Trinajstić information content (AvgIpc) is 2.26. The number of hydrogen-bond donors (Lipinski definition) is 3. The maximum atomic E-state index is 13.5. The number of nitrogen functional groups attached to an aromatic ring is 1. The number of amides is 1. The summed E-state index contributed by atoms with van der Waals surface area (Å²) < 4.78 is 18.5. The van der Waals surface area contributed by atoms with Crippen LogP contribution in [0.5, 0.6) is 5.75 Å². The monoisotopic (exact) mass is 241 g/mol. The van der Waals surface area contributed by atoms with Crippen LogP contribution in [0.1, 0.15) is 6.92 Å². The molecule has 0 fully saturated rings. The van der Waals surface area contributed by atoms with E-state index in [9.17, 15) is 9.18 Å². The van der Waals surface area contributed by atoms with Gasteiger partial charge < -0.3 is 21.1 Å². The van der Waals surface area contributed by atoms with Crippen LogP contribution in [0.4, 0.5) is 15.8 Å². The van der Waals surface area contributed by atoms with Gasteiger partial charge in [-0.25, -0.2) is 4.39 Å². The summed E-state index contributed by atoms with van der Waals surface area (Å²) in [6, 6.07) is 2.68. The van der Waals surface area contributed by atoms with Gasteiger partial charge in [0.1, 0.15) is 11.6 Å². The fourth-order valence-corrected chi connectivity index (χ4v) is 1.32. The van der Waals surface area contributed by atoms with Crippen LogP contribution < -0.4 is 21.1 Å². The van der Waals surface area contributed by atoms with Crippen LogP contribution in [0.3, 0.4) is 0 Å². The zero-order valence-electron chi connectivity index (χ0n) is 9.84. The summed E-state index contributed by atoms with van der Waals surface area (Å²) in [5.41, 5.74) is 6.09. The van der Waals surface area contributed by atoms with Crippen LogP contribution in [0, 0.1) is 5.82 Å². The molecule has 0 saturated carbocycles. The Morgan fingerprint density at radius 3 is 2.76 bits per heavy atom. The number of rotatable bonds is 5. The van der Waals surface area contributed by atoms with E-state index in [1.807, 2.05) is 0 Å². The molecule has 0 bridgehead atoms. The first-order chi connectivity index (χ1) is 8.04. The van der Waals surface area contributed by atoms with Crippen molar-refractivity contribution in [1.82, 2.24) is 5.32 Å². The lowest BCUT2D eigenvalue weighted by Gasteiger charge is -2.11. The van der Waals surface area contributed by atoms with Gasteiger partial charge in [0.25, 0.3) is 0 Å². The number of methoxy groups -OCH3 is 1. The van der Waals surface area contributed by atoms with Gasteiger partial charge in [0.2, 0.25) is 5.91 Å². The molecule has 0 atom stereocenters. The van der Waals surface area contributed by atoms with Crippen LogP contribution in [0.25, 0.3) is 0 Å². The van der Waals surface area contributed by atoms with E-state index in [2.05, 4.69) is 10.6 Å². The molecule has 0 unspecified atom stereocenters. The van der Waals surface area contributed by atoms with E-state index in [0.717, 1.165) is 0 Å². The molecule has 0 saturated heterocycles. The number of hydrogen-bond acceptors (Lipinski definition) is 4. The fourth-order valence-electron chi connectivity index (χ4n) is 1.32. The van der Waals surface area contributed by atoms with Crippen LogP contribution in [-0.2, 0) is 4.79 Å². The normalized spacial score (nSPS) is 9.82. The molecule has 1 rings (SSSR count). The highest BCUT2D eigenvalue weighted by Crippen LogP contribution is 2.27. The highest BCUT2D eigenvalue weighted by atomic mass is 19.1. The Morgan fingerprint density at radius 1 is 1.47 bits per heavy atom. The minimum absolute atomic E-state index is 0.123. The van der Waals surface area contributed by atoms with Crippen molar-refractivity contribution in [2.75, 3.05) is 31.2 Å². The summed E-state index contributed by atoms with van der Waals surface area (Å²) in [4.78, 5) is 10.6. The molecule has 0 aliphatic carbocycles. The van der Waals surface area contributed by atoms with Gasteiger partial charge in [-0.2, -0.15) is 0 Å². The van der Waals surface area contributed by atoms with E-state index in [0.29, 0.717) is 24.5 Å². The lowest BCUT2D eigenvalue weighted by atomic mass is 10.2. The van der Waals surface area contributed by atoms with Gasteiger partial charge in [-0.3, -0.25) is 4.79 Å². The van der Waals surface area contributed by atoms with E-state index >= 15 is 0 Å². The van der Waals surface area contributed by atoms with Gasteiger partial charge in [0.15, 0.2) is 0 Å². The lowest BCUT2D eigenvalue weighted by Crippen LogP contribution is -2.26. The van der Waals surface area contributed by atoms with Gasteiger partial charge in [0.05, 0.1) is 18.5 Å². The molecule has 1 aromatic rings. The van der Waals surface area contributed by atoms with Crippen LogP contribution in [0.15, 0.2) is 12.1 Å². The Balaban J connectivity index is 2.61. The van der Waals surface area contributed by atoms with E-state index < -0.39 is 5.82 Å². The summed E-state index contributed by atoms with van der Waals surface area (Å²) in [5, 5.41) is 5.44. The van der Waals surface area contributed by atoms with Crippen molar-refractivity contribution in [3.05, 3.63) is 17.9 Å². The number of halogens is 1. The molecule has 94 valence electrons.